The van der Waals surface area contributed by atoms with E-state index in [0.29, 0.717) is 57.0 Å². The van der Waals surface area contributed by atoms with Gasteiger partial charge in [0.2, 0.25) is 5.95 Å². The van der Waals surface area contributed by atoms with Crippen LogP contribution in [0.5, 0.6) is 11.8 Å². The molecule has 3 aromatic rings. The van der Waals surface area contributed by atoms with Crippen LogP contribution < -0.4 is 20.1 Å². The molecule has 0 radical (unpaired) electrons. The van der Waals surface area contributed by atoms with E-state index in [0.717, 1.165) is 11.1 Å². The molecule has 248 valence electrons. The summed E-state index contributed by atoms with van der Waals surface area (Å²) in [7, 11) is 0. The second-order valence-electron chi connectivity index (χ2n) is 11.7. The van der Waals surface area contributed by atoms with Gasteiger partial charge in [0.1, 0.15) is 11.6 Å². The van der Waals surface area contributed by atoms with Crippen molar-refractivity contribution in [3.05, 3.63) is 71.0 Å². The number of benzene rings is 2. The van der Waals surface area contributed by atoms with Crippen LogP contribution in [0.4, 0.5) is 23.9 Å². The van der Waals surface area contributed by atoms with Crippen molar-refractivity contribution in [3.8, 4) is 11.8 Å². The topological polar surface area (TPSA) is 128 Å². The van der Waals surface area contributed by atoms with E-state index >= 15 is 0 Å². The van der Waals surface area contributed by atoms with Crippen molar-refractivity contribution < 1.29 is 37.0 Å². The first-order chi connectivity index (χ1) is 21.9. The number of anilines is 1. The van der Waals surface area contributed by atoms with Crippen LogP contribution in [0.3, 0.4) is 0 Å². The Labute approximate surface area is 265 Å². The highest BCUT2D eigenvalue weighted by Gasteiger charge is 2.29. The van der Waals surface area contributed by atoms with E-state index in [9.17, 15) is 22.8 Å². The van der Waals surface area contributed by atoms with Crippen LogP contribution in [0.25, 0.3) is 0 Å². The quantitative estimate of drug-likeness (QED) is 0.384. The standard InChI is InChI=1S/C32H39F3N6O5/c1-4-15-45-30(43)41-14-5-16-44-25-12-8-23(9-13-25)18-36-28-38-26(39-29(40-28)46-21-32(33,34)35)17-22-6-10-24(11-7-22)27(42)37-19-31(2,3)20-41/h6-13H,4-5,14-21H2,1-3H3,(H,37,42)(H,36,38,39,40). The fraction of sp³-hybridized carbons (Fsp3) is 0.469. The minimum Gasteiger partial charge on any atom is -0.494 e. The Morgan fingerprint density at radius 1 is 1.02 bits per heavy atom. The number of rotatable bonds is 4. The van der Waals surface area contributed by atoms with Gasteiger partial charge in [0, 0.05) is 38.2 Å². The molecule has 14 heteroatoms. The lowest BCUT2D eigenvalue weighted by Gasteiger charge is -2.32. The Morgan fingerprint density at radius 3 is 2.43 bits per heavy atom. The van der Waals surface area contributed by atoms with E-state index in [-0.39, 0.29) is 30.6 Å². The van der Waals surface area contributed by atoms with Gasteiger partial charge in [-0.2, -0.15) is 28.1 Å². The predicted octanol–water partition coefficient (Wildman–Crippen LogP) is 5.40. The fourth-order valence-corrected chi connectivity index (χ4v) is 4.56. The highest BCUT2D eigenvalue weighted by Crippen LogP contribution is 2.21. The average molecular weight is 645 g/mol. The number of carbonyl (C=O) groups excluding carboxylic acids is 2. The van der Waals surface area contributed by atoms with Gasteiger partial charge in [-0.15, -0.1) is 0 Å². The molecule has 5 heterocycles. The summed E-state index contributed by atoms with van der Waals surface area (Å²) in [5, 5.41) is 5.97. The van der Waals surface area contributed by atoms with Gasteiger partial charge in [0.25, 0.3) is 5.91 Å². The molecule has 0 aliphatic carbocycles. The maximum absolute atomic E-state index is 13.0. The maximum Gasteiger partial charge on any atom is 0.422 e. The molecule has 6 bridgehead atoms. The zero-order valence-electron chi connectivity index (χ0n) is 26.2. The van der Waals surface area contributed by atoms with Crippen molar-refractivity contribution in [1.29, 1.82) is 0 Å². The number of ether oxygens (including phenoxy) is 3. The second-order valence-corrected chi connectivity index (χ2v) is 11.7. The lowest BCUT2D eigenvalue weighted by Crippen LogP contribution is -2.45. The third-order valence-electron chi connectivity index (χ3n) is 6.85. The first-order valence-corrected chi connectivity index (χ1v) is 15.1. The summed E-state index contributed by atoms with van der Waals surface area (Å²) in [4.78, 5) is 39.9. The van der Waals surface area contributed by atoms with Crippen LogP contribution in [-0.2, 0) is 17.7 Å². The monoisotopic (exact) mass is 644 g/mol. The number of nitrogens with zero attached hydrogens (tertiary/aromatic N) is 4. The Kier molecular flexibility index (Phi) is 11.6. The molecule has 2 N–H and O–H groups in total. The van der Waals surface area contributed by atoms with E-state index in [4.69, 9.17) is 14.2 Å². The van der Waals surface area contributed by atoms with Crippen LogP contribution in [-0.4, -0.2) is 77.5 Å². The average Bonchev–Trinajstić information content (AvgIpc) is 3.02. The highest BCUT2D eigenvalue weighted by atomic mass is 19.4. The molecule has 0 saturated carbocycles. The molecule has 1 aromatic heterocycles. The van der Waals surface area contributed by atoms with Gasteiger partial charge >= 0.3 is 18.3 Å². The van der Waals surface area contributed by atoms with Crippen molar-refractivity contribution >= 4 is 17.9 Å². The molecule has 0 unspecified atom stereocenters. The molecule has 2 amide bonds. The van der Waals surface area contributed by atoms with Gasteiger partial charge in [-0.3, -0.25) is 4.79 Å². The van der Waals surface area contributed by atoms with E-state index in [1.807, 2.05) is 32.9 Å². The van der Waals surface area contributed by atoms with Crippen molar-refractivity contribution in [2.75, 3.05) is 44.8 Å². The van der Waals surface area contributed by atoms with Crippen LogP contribution in [0.2, 0.25) is 0 Å². The first-order valence-electron chi connectivity index (χ1n) is 15.1. The fourth-order valence-electron chi connectivity index (χ4n) is 4.56. The maximum atomic E-state index is 13.0. The number of carbonyl (C=O) groups is 2. The molecule has 0 atom stereocenters. The Hall–Kier alpha value is -4.62. The number of alkyl halides is 3. The second kappa shape index (κ2) is 15.6. The normalized spacial score (nSPS) is 16.0. The summed E-state index contributed by atoms with van der Waals surface area (Å²) >= 11 is 0. The number of hydrogen-bond donors (Lipinski definition) is 2. The number of aromatic nitrogens is 3. The molecule has 7 rings (SSSR count). The summed E-state index contributed by atoms with van der Waals surface area (Å²) in [6, 6.07) is 13.6. The smallest absolute Gasteiger partial charge is 0.422 e. The summed E-state index contributed by atoms with van der Waals surface area (Å²) in [5.41, 5.74) is 1.52. The molecular formula is C32H39F3N6O5. The summed E-state index contributed by atoms with van der Waals surface area (Å²) in [6.07, 6.45) is -3.55. The largest absolute Gasteiger partial charge is 0.494 e. The van der Waals surface area contributed by atoms with Crippen LogP contribution in [0, 0.1) is 5.41 Å². The summed E-state index contributed by atoms with van der Waals surface area (Å²) < 4.78 is 54.6. The van der Waals surface area contributed by atoms with Gasteiger partial charge < -0.3 is 29.7 Å². The van der Waals surface area contributed by atoms with Gasteiger partial charge in [0.15, 0.2) is 6.61 Å². The van der Waals surface area contributed by atoms with E-state index in [1.165, 1.54) is 0 Å². The van der Waals surface area contributed by atoms with E-state index in [2.05, 4.69) is 25.6 Å². The molecule has 11 nitrogen and oxygen atoms in total. The van der Waals surface area contributed by atoms with Crippen molar-refractivity contribution in [2.45, 2.75) is 52.8 Å². The Morgan fingerprint density at radius 2 is 1.74 bits per heavy atom. The van der Waals surface area contributed by atoms with Crippen LogP contribution >= 0.6 is 0 Å². The van der Waals surface area contributed by atoms with Gasteiger partial charge in [-0.05, 0) is 53.6 Å². The van der Waals surface area contributed by atoms with Crippen molar-refractivity contribution in [1.82, 2.24) is 25.2 Å². The Balaban J connectivity index is 1.57. The molecule has 46 heavy (non-hydrogen) atoms. The van der Waals surface area contributed by atoms with Crippen molar-refractivity contribution in [2.24, 2.45) is 5.41 Å². The zero-order valence-corrected chi connectivity index (χ0v) is 26.2. The van der Waals surface area contributed by atoms with Gasteiger partial charge in [0.05, 0.1) is 13.2 Å². The molecule has 4 aliphatic rings. The first kappa shape index (κ1) is 34.3. The summed E-state index contributed by atoms with van der Waals surface area (Å²) in [6.45, 7) is 6.33. The van der Waals surface area contributed by atoms with Crippen LogP contribution in [0.1, 0.15) is 60.9 Å². The number of nitrogens with one attached hydrogen (secondary N) is 2. The number of hydrogen-bond acceptors (Lipinski definition) is 9. The highest BCUT2D eigenvalue weighted by molar-refractivity contribution is 5.94. The number of halogens is 3. The molecule has 0 fully saturated rings. The predicted molar refractivity (Wildman–Crippen MR) is 164 cm³/mol. The lowest BCUT2D eigenvalue weighted by molar-refractivity contribution is -0.154. The van der Waals surface area contributed by atoms with E-state index in [1.54, 1.807) is 41.3 Å². The molecular weight excluding hydrogens is 605 g/mol. The number of amides is 2. The zero-order chi connectivity index (χ0) is 33.2. The third-order valence-corrected chi connectivity index (χ3v) is 6.85. The molecule has 2 aromatic carbocycles. The minimum atomic E-state index is -4.56. The van der Waals surface area contributed by atoms with Gasteiger partial charge in [-0.25, -0.2) is 4.79 Å². The van der Waals surface area contributed by atoms with E-state index < -0.39 is 30.3 Å². The minimum absolute atomic E-state index is 0.0533. The third kappa shape index (κ3) is 11.1. The van der Waals surface area contributed by atoms with Gasteiger partial charge in [-0.1, -0.05) is 45.0 Å². The lowest BCUT2D eigenvalue weighted by atomic mass is 9.92. The Bertz CT molecular complexity index is 1450. The SMILES string of the molecule is CCCOC(=O)N1CCCOc2ccc(cc2)CNc2nc(nc(OCC(F)(F)F)n2)Cc2ccc(cc2)C(=O)NCC(C)(C)C1. The van der Waals surface area contributed by atoms with Crippen molar-refractivity contribution in [3.63, 3.8) is 0 Å². The van der Waals surface area contributed by atoms with Crippen LogP contribution in [0.15, 0.2) is 48.5 Å². The molecule has 0 spiro atoms. The molecule has 0 saturated heterocycles. The molecule has 4 aliphatic heterocycles. The summed E-state index contributed by atoms with van der Waals surface area (Å²) in [5.74, 6) is 0.589.